The molecule has 122 valence electrons. The molecule has 0 bridgehead atoms. The van der Waals surface area contributed by atoms with Crippen molar-refractivity contribution in [3.63, 3.8) is 0 Å². The smallest absolute Gasteiger partial charge is 0.249 e. The Morgan fingerprint density at radius 1 is 1.38 bits per heavy atom. The van der Waals surface area contributed by atoms with Crippen molar-refractivity contribution in [3.8, 4) is 0 Å². The number of hydrogen-bond donors (Lipinski definition) is 1. The number of rotatable bonds is 8. The molecule has 0 saturated carbocycles. The zero-order chi connectivity index (χ0) is 16.6. The van der Waals surface area contributed by atoms with Gasteiger partial charge in [0, 0.05) is 37.7 Å². The summed E-state index contributed by atoms with van der Waals surface area (Å²) in [5.41, 5.74) is 6.40. The highest BCUT2D eigenvalue weighted by molar-refractivity contribution is 5.96. The summed E-state index contributed by atoms with van der Waals surface area (Å²) in [6.07, 6.45) is 5.35. The molecule has 0 aromatic heterocycles. The van der Waals surface area contributed by atoms with Gasteiger partial charge < -0.3 is 10.6 Å². The molecule has 2 N–H and O–H groups in total. The van der Waals surface area contributed by atoms with Crippen LogP contribution in [0.15, 0.2) is 17.3 Å². The molecule has 4 heteroatoms. The second-order valence-corrected chi connectivity index (χ2v) is 6.20. The third-order valence-electron chi connectivity index (χ3n) is 4.65. The van der Waals surface area contributed by atoms with Gasteiger partial charge in [0.05, 0.1) is 0 Å². The lowest BCUT2D eigenvalue weighted by molar-refractivity contribution is -0.120. The molecule has 0 spiro atoms. The van der Waals surface area contributed by atoms with E-state index in [1.807, 2.05) is 13.8 Å². The van der Waals surface area contributed by atoms with E-state index in [0.717, 1.165) is 18.7 Å². The van der Waals surface area contributed by atoms with Gasteiger partial charge >= 0.3 is 0 Å². The van der Waals surface area contributed by atoms with Gasteiger partial charge in [-0.25, -0.2) is 4.99 Å². The third-order valence-corrected chi connectivity index (χ3v) is 4.65. The predicted molar refractivity (Wildman–Crippen MR) is 91.3 cm³/mol. The SMILES string of the molecule is CCN(C)/C=C\C(C)(CC)[C@@H](C)C(C)=NC(=O)C(C)CN. The molecule has 0 aromatic rings. The minimum absolute atomic E-state index is 0.0107. The van der Waals surface area contributed by atoms with Crippen LogP contribution >= 0.6 is 0 Å². The van der Waals surface area contributed by atoms with Crippen LogP contribution < -0.4 is 5.73 Å². The Balaban J connectivity index is 5.15. The van der Waals surface area contributed by atoms with Crippen molar-refractivity contribution in [2.45, 2.75) is 48.0 Å². The molecule has 1 amide bonds. The van der Waals surface area contributed by atoms with Crippen molar-refractivity contribution in [2.75, 3.05) is 20.1 Å². The van der Waals surface area contributed by atoms with Gasteiger partial charge in [-0.1, -0.05) is 33.8 Å². The third kappa shape index (κ3) is 6.00. The van der Waals surface area contributed by atoms with Crippen LogP contribution in [0.3, 0.4) is 0 Å². The molecule has 4 nitrogen and oxygen atoms in total. The number of nitrogens with zero attached hydrogens (tertiary/aromatic N) is 2. The lowest BCUT2D eigenvalue weighted by atomic mass is 9.73. The number of carbonyl (C=O) groups is 1. The van der Waals surface area contributed by atoms with Gasteiger partial charge in [0.2, 0.25) is 5.91 Å². The molecular formula is C17H33N3O. The molecule has 3 atom stereocenters. The number of nitrogens with two attached hydrogens (primary N) is 1. The molecule has 0 rings (SSSR count). The predicted octanol–water partition coefficient (Wildman–Crippen LogP) is 3.09. The summed E-state index contributed by atoms with van der Waals surface area (Å²) in [4.78, 5) is 18.3. The molecule has 0 heterocycles. The van der Waals surface area contributed by atoms with Crippen LogP contribution in [-0.4, -0.2) is 36.7 Å². The second-order valence-electron chi connectivity index (χ2n) is 6.20. The minimum Gasteiger partial charge on any atom is -0.381 e. The molecule has 0 aliphatic heterocycles. The summed E-state index contributed by atoms with van der Waals surface area (Å²) >= 11 is 0. The van der Waals surface area contributed by atoms with Crippen molar-refractivity contribution in [1.29, 1.82) is 0 Å². The number of amides is 1. The summed E-state index contributed by atoms with van der Waals surface area (Å²) in [6.45, 7) is 13.7. The molecular weight excluding hydrogens is 262 g/mol. The fourth-order valence-corrected chi connectivity index (χ4v) is 1.93. The Morgan fingerprint density at radius 2 is 1.95 bits per heavy atom. The van der Waals surface area contributed by atoms with Gasteiger partial charge in [-0.3, -0.25) is 4.79 Å². The summed E-state index contributed by atoms with van der Waals surface area (Å²) in [5.74, 6) is -0.116. The zero-order valence-electron chi connectivity index (χ0n) is 14.8. The van der Waals surface area contributed by atoms with Crippen molar-refractivity contribution in [3.05, 3.63) is 12.3 Å². The van der Waals surface area contributed by atoms with Crippen LogP contribution in [0, 0.1) is 17.3 Å². The van der Waals surface area contributed by atoms with Crippen LogP contribution in [0.25, 0.3) is 0 Å². The van der Waals surface area contributed by atoms with Crippen molar-refractivity contribution >= 4 is 11.6 Å². The molecule has 0 aliphatic rings. The van der Waals surface area contributed by atoms with Crippen molar-refractivity contribution < 1.29 is 4.79 Å². The van der Waals surface area contributed by atoms with Gasteiger partial charge in [0.25, 0.3) is 0 Å². The fourth-order valence-electron chi connectivity index (χ4n) is 1.93. The van der Waals surface area contributed by atoms with E-state index in [-0.39, 0.29) is 23.2 Å². The van der Waals surface area contributed by atoms with Crippen LogP contribution in [0.4, 0.5) is 0 Å². The number of allylic oxidation sites excluding steroid dienone is 1. The van der Waals surface area contributed by atoms with Crippen LogP contribution in [0.5, 0.6) is 0 Å². The lowest BCUT2D eigenvalue weighted by Crippen LogP contribution is -2.30. The first-order valence-corrected chi connectivity index (χ1v) is 7.90. The van der Waals surface area contributed by atoms with E-state index >= 15 is 0 Å². The van der Waals surface area contributed by atoms with Gasteiger partial charge in [-0.15, -0.1) is 0 Å². The van der Waals surface area contributed by atoms with E-state index in [1.165, 1.54) is 0 Å². The van der Waals surface area contributed by atoms with Crippen LogP contribution in [-0.2, 0) is 4.79 Å². The fraction of sp³-hybridized carbons (Fsp3) is 0.765. The molecule has 2 unspecified atom stereocenters. The highest BCUT2D eigenvalue weighted by atomic mass is 16.1. The Morgan fingerprint density at radius 3 is 2.38 bits per heavy atom. The number of hydrogen-bond acceptors (Lipinski definition) is 3. The normalized spacial score (nSPS) is 18.4. The summed E-state index contributed by atoms with van der Waals surface area (Å²) in [7, 11) is 2.06. The lowest BCUT2D eigenvalue weighted by Gasteiger charge is -2.32. The highest BCUT2D eigenvalue weighted by Gasteiger charge is 2.29. The van der Waals surface area contributed by atoms with Gasteiger partial charge in [-0.2, -0.15) is 0 Å². The van der Waals surface area contributed by atoms with Crippen molar-refractivity contribution in [2.24, 2.45) is 28.0 Å². The van der Waals surface area contributed by atoms with Gasteiger partial charge in [-0.05, 0) is 31.9 Å². The minimum atomic E-state index is -0.207. The average molecular weight is 295 g/mol. The first-order valence-electron chi connectivity index (χ1n) is 7.90. The maximum Gasteiger partial charge on any atom is 0.249 e. The molecule has 0 fully saturated rings. The molecule has 0 saturated heterocycles. The molecule has 0 radical (unpaired) electrons. The molecule has 0 aliphatic carbocycles. The summed E-state index contributed by atoms with van der Waals surface area (Å²) < 4.78 is 0. The largest absolute Gasteiger partial charge is 0.381 e. The Labute approximate surface area is 130 Å². The Hall–Kier alpha value is -1.16. The first kappa shape index (κ1) is 19.8. The number of carbonyl (C=O) groups excluding carboxylic acids is 1. The number of aliphatic imine (C=N–C) groups is 1. The van der Waals surface area contributed by atoms with E-state index in [1.54, 1.807) is 0 Å². The second kappa shape index (κ2) is 8.98. The van der Waals surface area contributed by atoms with Gasteiger partial charge in [0.1, 0.15) is 0 Å². The maximum atomic E-state index is 11.9. The monoisotopic (exact) mass is 295 g/mol. The maximum absolute atomic E-state index is 11.9. The zero-order valence-corrected chi connectivity index (χ0v) is 14.8. The molecule has 21 heavy (non-hydrogen) atoms. The van der Waals surface area contributed by atoms with E-state index in [4.69, 9.17) is 5.73 Å². The highest BCUT2D eigenvalue weighted by Crippen LogP contribution is 2.34. The van der Waals surface area contributed by atoms with E-state index in [9.17, 15) is 4.79 Å². The first-order chi connectivity index (χ1) is 9.71. The van der Waals surface area contributed by atoms with E-state index < -0.39 is 0 Å². The average Bonchev–Trinajstić information content (AvgIpc) is 2.50. The van der Waals surface area contributed by atoms with Gasteiger partial charge in [0.15, 0.2) is 0 Å². The van der Waals surface area contributed by atoms with E-state index in [2.05, 4.69) is 56.9 Å². The summed E-state index contributed by atoms with van der Waals surface area (Å²) in [5, 5.41) is 0. The van der Waals surface area contributed by atoms with Crippen LogP contribution in [0.2, 0.25) is 0 Å². The summed E-state index contributed by atoms with van der Waals surface area (Å²) in [6, 6.07) is 0. The molecule has 0 aromatic carbocycles. The van der Waals surface area contributed by atoms with Crippen LogP contribution in [0.1, 0.15) is 48.0 Å². The van der Waals surface area contributed by atoms with Crippen molar-refractivity contribution in [1.82, 2.24) is 4.90 Å². The Kier molecular flexibility index (Phi) is 8.48. The topological polar surface area (TPSA) is 58.7 Å². The quantitative estimate of drug-likeness (QED) is 0.700. The standard InChI is InChI=1S/C17H33N3O/c1-8-17(6,10-11-20(7)9-2)14(4)15(5)19-16(21)13(3)12-18/h10-11,13-14H,8-9,12,18H2,1-7H3/b11-10-,19-15?/t13?,14-,17?/m0/s1. The Bertz CT molecular complexity index is 389. The van der Waals surface area contributed by atoms with E-state index in [0.29, 0.717) is 6.54 Å².